The van der Waals surface area contributed by atoms with Crippen LogP contribution < -0.4 is 5.32 Å². The van der Waals surface area contributed by atoms with Gasteiger partial charge in [0, 0.05) is 12.1 Å². The van der Waals surface area contributed by atoms with Gasteiger partial charge in [0.25, 0.3) is 0 Å². The molecule has 2 atom stereocenters. The van der Waals surface area contributed by atoms with Gasteiger partial charge in [-0.1, -0.05) is 41.9 Å². The summed E-state index contributed by atoms with van der Waals surface area (Å²) >= 11 is 5.83. The van der Waals surface area contributed by atoms with Crippen molar-refractivity contribution in [1.82, 2.24) is 5.32 Å². The number of nitrogens with one attached hydrogen (secondary N) is 1. The Bertz CT molecular complexity index is 597. The fourth-order valence-electron chi connectivity index (χ4n) is 2.42. The lowest BCUT2D eigenvalue weighted by Crippen LogP contribution is -2.23. The zero-order valence-corrected chi connectivity index (χ0v) is 12.7. The van der Waals surface area contributed by atoms with Crippen LogP contribution in [-0.4, -0.2) is 0 Å². The fraction of sp³-hybridized carbons (Fsp3) is 0.294. The third-order valence-electron chi connectivity index (χ3n) is 3.60. The molecule has 106 valence electrons. The summed E-state index contributed by atoms with van der Waals surface area (Å²) in [4.78, 5) is 0. The Morgan fingerprint density at radius 3 is 2.40 bits per heavy atom. The Morgan fingerprint density at radius 1 is 1.05 bits per heavy atom. The minimum atomic E-state index is -0.380. The standard InChI is InChI=1S/C17H19ClFN/c1-11-6-4-5-7-15(11)13(3)20-12(2)14-8-9-17(19)16(18)10-14/h4-10,12-13,20H,1-3H3. The SMILES string of the molecule is Cc1ccccc1C(C)NC(C)c1ccc(F)c(Cl)c1. The van der Waals surface area contributed by atoms with E-state index in [9.17, 15) is 4.39 Å². The van der Waals surface area contributed by atoms with E-state index in [1.807, 2.05) is 12.1 Å². The second-order valence-corrected chi connectivity index (χ2v) is 5.55. The number of aryl methyl sites for hydroxylation is 1. The van der Waals surface area contributed by atoms with Crippen LogP contribution in [0.15, 0.2) is 42.5 Å². The molecule has 0 radical (unpaired) electrons. The first kappa shape index (κ1) is 15.0. The van der Waals surface area contributed by atoms with Crippen LogP contribution in [0.2, 0.25) is 5.02 Å². The molecule has 0 aliphatic heterocycles. The predicted molar refractivity (Wildman–Crippen MR) is 82.6 cm³/mol. The lowest BCUT2D eigenvalue weighted by molar-refractivity contribution is 0.492. The molecule has 0 aliphatic carbocycles. The van der Waals surface area contributed by atoms with Crippen molar-refractivity contribution >= 4 is 11.6 Å². The molecule has 0 aliphatic rings. The van der Waals surface area contributed by atoms with Crippen molar-refractivity contribution in [3.63, 3.8) is 0 Å². The van der Waals surface area contributed by atoms with Gasteiger partial charge in [0.05, 0.1) is 5.02 Å². The second-order valence-electron chi connectivity index (χ2n) is 5.14. The summed E-state index contributed by atoms with van der Waals surface area (Å²) in [6, 6.07) is 13.5. The average Bonchev–Trinajstić information content (AvgIpc) is 2.42. The first-order chi connectivity index (χ1) is 9.49. The van der Waals surface area contributed by atoms with Gasteiger partial charge in [-0.25, -0.2) is 4.39 Å². The Morgan fingerprint density at radius 2 is 1.75 bits per heavy atom. The third-order valence-corrected chi connectivity index (χ3v) is 3.89. The molecule has 0 saturated carbocycles. The molecule has 0 aromatic heterocycles. The van der Waals surface area contributed by atoms with Crippen molar-refractivity contribution in [3.8, 4) is 0 Å². The summed E-state index contributed by atoms with van der Waals surface area (Å²) in [5.74, 6) is -0.380. The van der Waals surface area contributed by atoms with Crippen LogP contribution in [0, 0.1) is 12.7 Å². The monoisotopic (exact) mass is 291 g/mol. The van der Waals surface area contributed by atoms with Crippen LogP contribution in [0.3, 0.4) is 0 Å². The summed E-state index contributed by atoms with van der Waals surface area (Å²) in [6.07, 6.45) is 0. The van der Waals surface area contributed by atoms with Crippen LogP contribution in [0.4, 0.5) is 4.39 Å². The Labute approximate surface area is 124 Å². The first-order valence-electron chi connectivity index (χ1n) is 6.75. The molecule has 0 spiro atoms. The largest absolute Gasteiger partial charge is 0.304 e. The van der Waals surface area contributed by atoms with Gasteiger partial charge in [-0.2, -0.15) is 0 Å². The van der Waals surface area contributed by atoms with E-state index in [0.717, 1.165) is 5.56 Å². The Kier molecular flexibility index (Phi) is 4.79. The zero-order chi connectivity index (χ0) is 14.7. The van der Waals surface area contributed by atoms with E-state index in [-0.39, 0.29) is 22.9 Å². The van der Waals surface area contributed by atoms with Crippen LogP contribution in [-0.2, 0) is 0 Å². The molecule has 1 nitrogen and oxygen atoms in total. The maximum atomic E-state index is 13.2. The van der Waals surface area contributed by atoms with Crippen LogP contribution in [0.1, 0.15) is 42.6 Å². The molecule has 20 heavy (non-hydrogen) atoms. The number of hydrogen-bond donors (Lipinski definition) is 1. The minimum absolute atomic E-state index is 0.0997. The summed E-state index contributed by atoms with van der Waals surface area (Å²) in [5, 5.41) is 3.69. The molecule has 0 saturated heterocycles. The topological polar surface area (TPSA) is 12.0 Å². The molecular formula is C17H19ClFN. The molecule has 0 heterocycles. The smallest absolute Gasteiger partial charge is 0.141 e. The van der Waals surface area contributed by atoms with Gasteiger partial charge in [-0.15, -0.1) is 0 Å². The summed E-state index contributed by atoms with van der Waals surface area (Å²) in [7, 11) is 0. The first-order valence-corrected chi connectivity index (χ1v) is 7.13. The quantitative estimate of drug-likeness (QED) is 0.816. The van der Waals surface area contributed by atoms with Gasteiger partial charge >= 0.3 is 0 Å². The van der Waals surface area contributed by atoms with Crippen molar-refractivity contribution < 1.29 is 4.39 Å². The molecule has 2 unspecified atom stereocenters. The van der Waals surface area contributed by atoms with E-state index < -0.39 is 0 Å². The Hall–Kier alpha value is -1.38. The fourth-order valence-corrected chi connectivity index (χ4v) is 2.60. The van der Waals surface area contributed by atoms with Gasteiger partial charge in [0.2, 0.25) is 0 Å². The lowest BCUT2D eigenvalue weighted by atomic mass is 10.0. The number of benzene rings is 2. The van der Waals surface area contributed by atoms with E-state index in [1.165, 1.54) is 17.2 Å². The highest BCUT2D eigenvalue weighted by Gasteiger charge is 2.13. The highest BCUT2D eigenvalue weighted by atomic mass is 35.5. The van der Waals surface area contributed by atoms with Gasteiger partial charge in [0.15, 0.2) is 0 Å². The molecule has 2 aromatic rings. The normalized spacial score (nSPS) is 14.1. The summed E-state index contributed by atoms with van der Waals surface area (Å²) in [6.45, 7) is 6.29. The van der Waals surface area contributed by atoms with Crippen molar-refractivity contribution in [3.05, 3.63) is 70.0 Å². The van der Waals surface area contributed by atoms with E-state index >= 15 is 0 Å². The number of hydrogen-bond acceptors (Lipinski definition) is 1. The molecule has 1 N–H and O–H groups in total. The van der Waals surface area contributed by atoms with Crippen molar-refractivity contribution in [2.45, 2.75) is 32.9 Å². The zero-order valence-electron chi connectivity index (χ0n) is 12.0. The van der Waals surface area contributed by atoms with E-state index in [4.69, 9.17) is 11.6 Å². The van der Waals surface area contributed by atoms with Crippen molar-refractivity contribution in [1.29, 1.82) is 0 Å². The molecule has 2 rings (SSSR count). The summed E-state index contributed by atoms with van der Waals surface area (Å²) < 4.78 is 13.2. The summed E-state index contributed by atoms with van der Waals surface area (Å²) in [5.41, 5.74) is 3.52. The van der Waals surface area contributed by atoms with Crippen molar-refractivity contribution in [2.24, 2.45) is 0 Å². The number of halogens is 2. The number of rotatable bonds is 4. The highest BCUT2D eigenvalue weighted by molar-refractivity contribution is 6.30. The molecule has 2 aromatic carbocycles. The minimum Gasteiger partial charge on any atom is -0.304 e. The lowest BCUT2D eigenvalue weighted by Gasteiger charge is -2.22. The van der Waals surface area contributed by atoms with Crippen LogP contribution in [0.5, 0.6) is 0 Å². The third kappa shape index (κ3) is 3.38. The molecule has 3 heteroatoms. The average molecular weight is 292 g/mol. The van der Waals surface area contributed by atoms with Crippen LogP contribution in [0.25, 0.3) is 0 Å². The predicted octanol–water partition coefficient (Wildman–Crippen LogP) is 5.20. The molecule has 0 amide bonds. The Balaban J connectivity index is 2.13. The van der Waals surface area contributed by atoms with E-state index in [0.29, 0.717) is 0 Å². The molecular weight excluding hydrogens is 273 g/mol. The second kappa shape index (κ2) is 6.38. The highest BCUT2D eigenvalue weighted by Crippen LogP contribution is 2.24. The molecule has 0 bridgehead atoms. The van der Waals surface area contributed by atoms with Gasteiger partial charge in [-0.05, 0) is 49.6 Å². The van der Waals surface area contributed by atoms with Crippen LogP contribution >= 0.6 is 11.6 Å². The van der Waals surface area contributed by atoms with Gasteiger partial charge < -0.3 is 5.32 Å². The van der Waals surface area contributed by atoms with E-state index in [2.05, 4.69) is 38.2 Å². The van der Waals surface area contributed by atoms with E-state index in [1.54, 1.807) is 12.1 Å². The van der Waals surface area contributed by atoms with Gasteiger partial charge in [-0.3, -0.25) is 0 Å². The maximum absolute atomic E-state index is 13.2. The maximum Gasteiger partial charge on any atom is 0.141 e. The van der Waals surface area contributed by atoms with Crippen molar-refractivity contribution in [2.75, 3.05) is 0 Å². The molecule has 0 fully saturated rings. The van der Waals surface area contributed by atoms with Gasteiger partial charge in [0.1, 0.15) is 5.82 Å².